The second-order valence-corrected chi connectivity index (χ2v) is 15.0. The lowest BCUT2D eigenvalue weighted by Gasteiger charge is -2.35. The maximum atomic E-state index is 11.9. The normalized spacial score (nSPS) is 17.2. The molecule has 0 aliphatic carbocycles. The number of alkyl carbamates (subject to hydrolysis) is 2. The number of carbonyl (C=O) groups is 4. The van der Waals surface area contributed by atoms with Gasteiger partial charge in [0.2, 0.25) is 0 Å². The maximum Gasteiger partial charge on any atom is 0.407 e. The highest BCUT2D eigenvalue weighted by atomic mass is 79.9. The SMILES string of the molecule is CC(C)(C)OC(=O)NC1CCCNC1.CCOC(=O)c1ccc(Br)cc1.CCOC(=O)c1ccc(N2CCCC(NC(=O)OC(C)(C)C)C2)cc1. The molecule has 2 aliphatic rings. The van der Waals surface area contributed by atoms with E-state index < -0.39 is 11.2 Å². The van der Waals surface area contributed by atoms with E-state index >= 15 is 0 Å². The lowest BCUT2D eigenvalue weighted by molar-refractivity contribution is 0.0486. The van der Waals surface area contributed by atoms with Crippen LogP contribution in [0.15, 0.2) is 53.0 Å². The smallest absolute Gasteiger partial charge is 0.407 e. The Balaban J connectivity index is 0.000000292. The first-order valence-electron chi connectivity index (χ1n) is 17.6. The summed E-state index contributed by atoms with van der Waals surface area (Å²) in [5, 5.41) is 9.03. The van der Waals surface area contributed by atoms with E-state index in [0.29, 0.717) is 24.3 Å². The molecule has 0 saturated carbocycles. The van der Waals surface area contributed by atoms with Gasteiger partial charge in [-0.15, -0.1) is 0 Å². The number of hydrogen-bond donors (Lipinski definition) is 3. The number of halogens is 1. The lowest BCUT2D eigenvalue weighted by Crippen LogP contribution is -2.49. The monoisotopic (exact) mass is 776 g/mol. The maximum absolute atomic E-state index is 11.9. The molecule has 0 bridgehead atoms. The number of amides is 2. The number of nitrogens with zero attached hydrogens (tertiary/aromatic N) is 1. The Hall–Kier alpha value is -3.84. The number of esters is 2. The summed E-state index contributed by atoms with van der Waals surface area (Å²) in [6, 6.07) is 14.7. The highest BCUT2D eigenvalue weighted by Crippen LogP contribution is 2.21. The van der Waals surface area contributed by atoms with Crippen LogP contribution in [-0.4, -0.2) is 86.8 Å². The van der Waals surface area contributed by atoms with Crippen molar-refractivity contribution in [2.75, 3.05) is 44.3 Å². The fourth-order valence-electron chi connectivity index (χ4n) is 5.08. The van der Waals surface area contributed by atoms with Crippen molar-refractivity contribution in [2.24, 2.45) is 0 Å². The summed E-state index contributed by atoms with van der Waals surface area (Å²) in [4.78, 5) is 48.4. The Morgan fingerprint density at radius 3 is 1.67 bits per heavy atom. The van der Waals surface area contributed by atoms with Crippen molar-refractivity contribution in [2.45, 2.75) is 104 Å². The van der Waals surface area contributed by atoms with E-state index in [0.717, 1.165) is 62.0 Å². The van der Waals surface area contributed by atoms with Gasteiger partial charge in [-0.25, -0.2) is 19.2 Å². The molecule has 284 valence electrons. The molecule has 2 amide bonds. The van der Waals surface area contributed by atoms with Crippen molar-refractivity contribution < 1.29 is 38.1 Å². The molecule has 0 aromatic heterocycles. The second kappa shape index (κ2) is 21.5. The van der Waals surface area contributed by atoms with E-state index in [-0.39, 0.29) is 36.2 Å². The van der Waals surface area contributed by atoms with Crippen LogP contribution in [-0.2, 0) is 18.9 Å². The van der Waals surface area contributed by atoms with Crippen LogP contribution in [0.2, 0.25) is 0 Å². The average Bonchev–Trinajstić information content (AvgIpc) is 3.05. The van der Waals surface area contributed by atoms with E-state index in [4.69, 9.17) is 18.9 Å². The Kier molecular flexibility index (Phi) is 18.3. The Morgan fingerprint density at radius 2 is 1.22 bits per heavy atom. The summed E-state index contributed by atoms with van der Waals surface area (Å²) in [7, 11) is 0. The minimum absolute atomic E-state index is 0.0494. The zero-order valence-electron chi connectivity index (χ0n) is 31.4. The molecule has 2 aromatic carbocycles. The van der Waals surface area contributed by atoms with Gasteiger partial charge in [0.25, 0.3) is 0 Å². The molecule has 51 heavy (non-hydrogen) atoms. The second-order valence-electron chi connectivity index (χ2n) is 14.1. The molecule has 2 heterocycles. The third-order valence-corrected chi connectivity index (χ3v) is 7.79. The van der Waals surface area contributed by atoms with E-state index in [2.05, 4.69) is 36.8 Å². The number of anilines is 1. The summed E-state index contributed by atoms with van der Waals surface area (Å²) in [6.07, 6.45) is 3.37. The number of hydrogen-bond acceptors (Lipinski definition) is 10. The van der Waals surface area contributed by atoms with Crippen molar-refractivity contribution in [1.29, 1.82) is 0 Å². The van der Waals surface area contributed by atoms with Crippen LogP contribution in [0.25, 0.3) is 0 Å². The third-order valence-electron chi connectivity index (χ3n) is 7.26. The number of piperidine rings is 2. The van der Waals surface area contributed by atoms with Gasteiger partial charge in [0.05, 0.1) is 24.3 Å². The number of carbonyl (C=O) groups excluding carboxylic acids is 4. The van der Waals surface area contributed by atoms with Gasteiger partial charge in [0, 0.05) is 41.9 Å². The molecular formula is C38H57BrN4O8. The number of ether oxygens (including phenoxy) is 4. The quantitative estimate of drug-likeness (QED) is 0.194. The van der Waals surface area contributed by atoms with Crippen LogP contribution in [0, 0.1) is 0 Å². The molecule has 12 nitrogen and oxygen atoms in total. The molecule has 2 fully saturated rings. The average molecular weight is 778 g/mol. The standard InChI is InChI=1S/C19H28N2O4.C10H20N2O2.C9H9BrO2/c1-5-24-17(22)14-8-10-16(11-9-14)21-12-6-7-15(13-21)20-18(23)25-19(2,3)4;1-10(2,3)14-9(13)12-8-5-4-6-11-7-8;1-2-12-9(11)7-3-5-8(10)6-4-7/h8-11,15H,5-7,12-13H2,1-4H3,(H,20,23);8,11H,4-7H2,1-3H3,(H,12,13);3-6H,2H2,1H3. The van der Waals surface area contributed by atoms with Crippen LogP contribution in [0.4, 0.5) is 15.3 Å². The van der Waals surface area contributed by atoms with E-state index in [1.165, 1.54) is 0 Å². The Labute approximate surface area is 311 Å². The molecule has 2 atom stereocenters. The highest BCUT2D eigenvalue weighted by molar-refractivity contribution is 9.10. The summed E-state index contributed by atoms with van der Waals surface area (Å²) in [5.41, 5.74) is 1.25. The van der Waals surface area contributed by atoms with Crippen LogP contribution in [0.3, 0.4) is 0 Å². The summed E-state index contributed by atoms with van der Waals surface area (Å²) in [6.45, 7) is 19.0. The van der Waals surface area contributed by atoms with Gasteiger partial charge in [-0.1, -0.05) is 15.9 Å². The predicted molar refractivity (Wildman–Crippen MR) is 202 cm³/mol. The summed E-state index contributed by atoms with van der Waals surface area (Å²) >= 11 is 3.28. The van der Waals surface area contributed by atoms with Crippen molar-refractivity contribution >= 4 is 45.7 Å². The molecule has 4 rings (SSSR count). The summed E-state index contributed by atoms with van der Waals surface area (Å²) in [5.74, 6) is -0.581. The van der Waals surface area contributed by atoms with Crippen molar-refractivity contribution in [3.63, 3.8) is 0 Å². The van der Waals surface area contributed by atoms with Gasteiger partial charge >= 0.3 is 24.1 Å². The zero-order chi connectivity index (χ0) is 38.0. The van der Waals surface area contributed by atoms with Gasteiger partial charge in [-0.05, 0) is 136 Å². The van der Waals surface area contributed by atoms with Crippen molar-refractivity contribution in [3.05, 3.63) is 64.1 Å². The van der Waals surface area contributed by atoms with Crippen LogP contribution in [0.1, 0.15) is 102 Å². The first-order valence-corrected chi connectivity index (χ1v) is 18.4. The zero-order valence-corrected chi connectivity index (χ0v) is 33.0. The fourth-order valence-corrected chi connectivity index (χ4v) is 5.34. The highest BCUT2D eigenvalue weighted by Gasteiger charge is 2.25. The van der Waals surface area contributed by atoms with Gasteiger partial charge in [-0.2, -0.15) is 0 Å². The number of nitrogens with one attached hydrogen (secondary N) is 3. The Bertz CT molecular complexity index is 1370. The van der Waals surface area contributed by atoms with Crippen molar-refractivity contribution in [1.82, 2.24) is 16.0 Å². The fraction of sp³-hybridized carbons (Fsp3) is 0.579. The minimum Gasteiger partial charge on any atom is -0.462 e. The predicted octanol–water partition coefficient (Wildman–Crippen LogP) is 7.25. The summed E-state index contributed by atoms with van der Waals surface area (Å²) < 4.78 is 21.3. The topological polar surface area (TPSA) is 145 Å². The minimum atomic E-state index is -0.499. The van der Waals surface area contributed by atoms with Gasteiger partial charge in [0.1, 0.15) is 11.2 Å². The third kappa shape index (κ3) is 18.3. The first kappa shape index (κ1) is 43.3. The molecule has 2 aliphatic heterocycles. The number of benzene rings is 2. The Morgan fingerprint density at radius 1 is 0.745 bits per heavy atom. The molecule has 2 saturated heterocycles. The molecule has 2 unspecified atom stereocenters. The van der Waals surface area contributed by atoms with Crippen molar-refractivity contribution in [3.8, 4) is 0 Å². The van der Waals surface area contributed by atoms with Crippen LogP contribution >= 0.6 is 15.9 Å². The largest absolute Gasteiger partial charge is 0.462 e. The van der Waals surface area contributed by atoms with Gasteiger partial charge in [-0.3, -0.25) is 0 Å². The van der Waals surface area contributed by atoms with Crippen LogP contribution in [0.5, 0.6) is 0 Å². The van der Waals surface area contributed by atoms with E-state index in [9.17, 15) is 19.2 Å². The molecule has 0 radical (unpaired) electrons. The van der Waals surface area contributed by atoms with Crippen LogP contribution < -0.4 is 20.9 Å². The molecule has 13 heteroatoms. The first-order chi connectivity index (χ1) is 24.0. The lowest BCUT2D eigenvalue weighted by atomic mass is 10.0. The molecule has 2 aromatic rings. The van der Waals surface area contributed by atoms with Gasteiger partial charge in [0.15, 0.2) is 0 Å². The van der Waals surface area contributed by atoms with E-state index in [1.54, 1.807) is 38.1 Å². The molecular weight excluding hydrogens is 720 g/mol. The molecule has 0 spiro atoms. The molecule has 3 N–H and O–H groups in total. The van der Waals surface area contributed by atoms with Gasteiger partial charge < -0.3 is 39.8 Å². The number of rotatable bonds is 7. The van der Waals surface area contributed by atoms with E-state index in [1.807, 2.05) is 65.8 Å².